The van der Waals surface area contributed by atoms with E-state index in [1.807, 2.05) is 24.3 Å². The molecule has 0 bridgehead atoms. The molecule has 2 amide bonds. The lowest BCUT2D eigenvalue weighted by molar-refractivity contribution is 0.254. The van der Waals surface area contributed by atoms with E-state index in [2.05, 4.69) is 29.8 Å². The largest absolute Gasteiger partial charge is 0.383 e. The SMILES string of the molecule is CCCCCC(C)Nc1ccc(NC(=O)NC)cc1. The molecule has 0 aliphatic rings. The number of hydrogen-bond acceptors (Lipinski definition) is 2. The molecule has 0 fully saturated rings. The minimum Gasteiger partial charge on any atom is -0.383 e. The maximum atomic E-state index is 11.2. The molecule has 0 heterocycles. The molecule has 0 saturated heterocycles. The Labute approximate surface area is 116 Å². The fraction of sp³-hybridized carbons (Fsp3) is 0.533. The summed E-state index contributed by atoms with van der Waals surface area (Å²) in [6.45, 7) is 4.42. The molecule has 0 radical (unpaired) electrons. The molecule has 0 spiro atoms. The summed E-state index contributed by atoms with van der Waals surface area (Å²) >= 11 is 0. The zero-order chi connectivity index (χ0) is 14.1. The van der Waals surface area contributed by atoms with Crippen LogP contribution >= 0.6 is 0 Å². The first kappa shape index (κ1) is 15.3. The topological polar surface area (TPSA) is 53.2 Å². The molecule has 1 unspecified atom stereocenters. The monoisotopic (exact) mass is 263 g/mol. The Bertz CT molecular complexity index is 375. The maximum Gasteiger partial charge on any atom is 0.318 e. The van der Waals surface area contributed by atoms with Gasteiger partial charge in [-0.2, -0.15) is 0 Å². The molecule has 0 aromatic heterocycles. The van der Waals surface area contributed by atoms with Crippen molar-refractivity contribution in [3.05, 3.63) is 24.3 Å². The van der Waals surface area contributed by atoms with E-state index in [1.165, 1.54) is 25.7 Å². The van der Waals surface area contributed by atoms with Gasteiger partial charge < -0.3 is 16.0 Å². The highest BCUT2D eigenvalue weighted by Crippen LogP contribution is 2.16. The molecule has 1 aromatic carbocycles. The normalized spacial score (nSPS) is 11.7. The number of unbranched alkanes of at least 4 members (excludes halogenated alkanes) is 2. The van der Waals surface area contributed by atoms with Gasteiger partial charge in [-0.05, 0) is 37.6 Å². The Kier molecular flexibility index (Phi) is 6.79. The summed E-state index contributed by atoms with van der Waals surface area (Å²) in [7, 11) is 1.60. The highest BCUT2D eigenvalue weighted by atomic mass is 16.2. The number of hydrogen-bond donors (Lipinski definition) is 3. The van der Waals surface area contributed by atoms with E-state index in [4.69, 9.17) is 0 Å². The third-order valence-electron chi connectivity index (χ3n) is 3.02. The van der Waals surface area contributed by atoms with E-state index < -0.39 is 0 Å². The van der Waals surface area contributed by atoms with Crippen molar-refractivity contribution < 1.29 is 4.79 Å². The fourth-order valence-corrected chi connectivity index (χ4v) is 1.90. The summed E-state index contributed by atoms with van der Waals surface area (Å²) in [6, 6.07) is 8.05. The number of urea groups is 1. The van der Waals surface area contributed by atoms with Gasteiger partial charge in [-0.25, -0.2) is 4.79 Å². The number of carbonyl (C=O) groups excluding carboxylic acids is 1. The minimum absolute atomic E-state index is 0.200. The summed E-state index contributed by atoms with van der Waals surface area (Å²) in [4.78, 5) is 11.2. The van der Waals surface area contributed by atoms with E-state index in [9.17, 15) is 4.79 Å². The summed E-state index contributed by atoms with van der Waals surface area (Å²) in [5, 5.41) is 8.73. The van der Waals surface area contributed by atoms with Gasteiger partial charge in [-0.1, -0.05) is 26.2 Å². The minimum atomic E-state index is -0.200. The van der Waals surface area contributed by atoms with E-state index in [0.717, 1.165) is 11.4 Å². The number of rotatable bonds is 7. The molecule has 4 heteroatoms. The van der Waals surface area contributed by atoms with Crippen LogP contribution in [0, 0.1) is 0 Å². The van der Waals surface area contributed by atoms with Crippen LogP contribution in [0.4, 0.5) is 16.2 Å². The first-order valence-corrected chi connectivity index (χ1v) is 7.01. The third kappa shape index (κ3) is 6.13. The van der Waals surface area contributed by atoms with Gasteiger partial charge >= 0.3 is 6.03 Å². The fourth-order valence-electron chi connectivity index (χ4n) is 1.90. The Balaban J connectivity index is 2.41. The predicted molar refractivity (Wildman–Crippen MR) is 81.7 cm³/mol. The van der Waals surface area contributed by atoms with Crippen LogP contribution in [-0.2, 0) is 0 Å². The zero-order valence-electron chi connectivity index (χ0n) is 12.1. The van der Waals surface area contributed by atoms with Gasteiger partial charge in [0.2, 0.25) is 0 Å². The van der Waals surface area contributed by atoms with Crippen LogP contribution in [0.2, 0.25) is 0 Å². The molecule has 0 aliphatic carbocycles. The van der Waals surface area contributed by atoms with Crippen LogP contribution in [0.1, 0.15) is 39.5 Å². The van der Waals surface area contributed by atoms with Crippen molar-refractivity contribution in [1.29, 1.82) is 0 Å². The molecule has 19 heavy (non-hydrogen) atoms. The van der Waals surface area contributed by atoms with Crippen molar-refractivity contribution in [3.8, 4) is 0 Å². The smallest absolute Gasteiger partial charge is 0.318 e. The quantitative estimate of drug-likeness (QED) is 0.655. The molecule has 1 atom stereocenters. The Morgan fingerprint density at radius 2 is 1.79 bits per heavy atom. The standard InChI is InChI=1S/C15H25N3O/c1-4-5-6-7-12(2)17-13-8-10-14(11-9-13)18-15(19)16-3/h8-12,17H,4-7H2,1-3H3,(H2,16,18,19). The summed E-state index contributed by atoms with van der Waals surface area (Å²) in [6.07, 6.45) is 5.00. The molecule has 0 saturated carbocycles. The highest BCUT2D eigenvalue weighted by molar-refractivity contribution is 5.89. The van der Waals surface area contributed by atoms with Crippen molar-refractivity contribution in [1.82, 2.24) is 5.32 Å². The van der Waals surface area contributed by atoms with Crippen LogP contribution in [-0.4, -0.2) is 19.1 Å². The molecule has 3 N–H and O–H groups in total. The summed E-state index contributed by atoms with van der Waals surface area (Å²) in [5.74, 6) is 0. The lowest BCUT2D eigenvalue weighted by atomic mass is 10.1. The van der Waals surface area contributed by atoms with Crippen molar-refractivity contribution in [2.24, 2.45) is 0 Å². The first-order valence-electron chi connectivity index (χ1n) is 7.01. The van der Waals surface area contributed by atoms with Gasteiger partial charge in [-0.15, -0.1) is 0 Å². The van der Waals surface area contributed by atoms with Crippen molar-refractivity contribution >= 4 is 17.4 Å². The Morgan fingerprint density at radius 3 is 2.37 bits per heavy atom. The van der Waals surface area contributed by atoms with Crippen molar-refractivity contribution in [2.45, 2.75) is 45.6 Å². The number of carbonyl (C=O) groups is 1. The second-order valence-corrected chi connectivity index (χ2v) is 4.82. The lowest BCUT2D eigenvalue weighted by Gasteiger charge is -2.15. The van der Waals surface area contributed by atoms with Crippen LogP contribution in [0.25, 0.3) is 0 Å². The highest BCUT2D eigenvalue weighted by Gasteiger charge is 2.02. The van der Waals surface area contributed by atoms with E-state index in [1.54, 1.807) is 7.05 Å². The van der Waals surface area contributed by atoms with Crippen LogP contribution in [0.15, 0.2) is 24.3 Å². The molecular weight excluding hydrogens is 238 g/mol. The summed E-state index contributed by atoms with van der Waals surface area (Å²) < 4.78 is 0. The van der Waals surface area contributed by atoms with E-state index in [-0.39, 0.29) is 6.03 Å². The Hall–Kier alpha value is -1.71. The Morgan fingerprint density at radius 1 is 1.16 bits per heavy atom. The number of benzene rings is 1. The van der Waals surface area contributed by atoms with E-state index in [0.29, 0.717) is 6.04 Å². The van der Waals surface area contributed by atoms with Crippen molar-refractivity contribution in [2.75, 3.05) is 17.7 Å². The maximum absolute atomic E-state index is 11.2. The van der Waals surface area contributed by atoms with Crippen LogP contribution in [0.5, 0.6) is 0 Å². The average molecular weight is 263 g/mol. The predicted octanol–water partition coefficient (Wildman–Crippen LogP) is 3.82. The number of nitrogens with one attached hydrogen (secondary N) is 3. The van der Waals surface area contributed by atoms with Crippen LogP contribution < -0.4 is 16.0 Å². The molecular formula is C15H25N3O. The second-order valence-electron chi connectivity index (χ2n) is 4.82. The zero-order valence-corrected chi connectivity index (χ0v) is 12.1. The number of amides is 2. The van der Waals surface area contributed by atoms with Gasteiger partial charge in [0.05, 0.1) is 0 Å². The van der Waals surface area contributed by atoms with Crippen molar-refractivity contribution in [3.63, 3.8) is 0 Å². The van der Waals surface area contributed by atoms with Gasteiger partial charge in [0, 0.05) is 24.5 Å². The van der Waals surface area contributed by atoms with Crippen LogP contribution in [0.3, 0.4) is 0 Å². The summed E-state index contributed by atoms with van der Waals surface area (Å²) in [5.41, 5.74) is 1.88. The lowest BCUT2D eigenvalue weighted by Crippen LogP contribution is -2.24. The molecule has 1 aromatic rings. The second kappa shape index (κ2) is 8.40. The van der Waals surface area contributed by atoms with Gasteiger partial charge in [0.15, 0.2) is 0 Å². The van der Waals surface area contributed by atoms with Gasteiger partial charge in [-0.3, -0.25) is 0 Å². The van der Waals surface area contributed by atoms with Gasteiger partial charge in [0.25, 0.3) is 0 Å². The van der Waals surface area contributed by atoms with E-state index >= 15 is 0 Å². The number of anilines is 2. The molecule has 106 valence electrons. The first-order chi connectivity index (χ1) is 9.15. The third-order valence-corrected chi connectivity index (χ3v) is 3.02. The molecule has 0 aliphatic heterocycles. The average Bonchev–Trinajstić information content (AvgIpc) is 2.41. The molecule has 1 rings (SSSR count). The van der Waals surface area contributed by atoms with Gasteiger partial charge in [0.1, 0.15) is 0 Å². The molecule has 4 nitrogen and oxygen atoms in total.